The average molecular weight is 262 g/mol. The van der Waals surface area contributed by atoms with Crippen molar-refractivity contribution in [3.8, 4) is 0 Å². The second-order valence-corrected chi connectivity index (χ2v) is 5.08. The lowest BCUT2D eigenvalue weighted by molar-refractivity contribution is 0.641. The molecule has 0 aromatic heterocycles. The first-order valence-electron chi connectivity index (χ1n) is 6.80. The third-order valence-corrected chi connectivity index (χ3v) is 3.71. The Morgan fingerprint density at radius 3 is 2.30 bits per heavy atom. The van der Waals surface area contributed by atoms with E-state index in [0.29, 0.717) is 0 Å². The fraction of sp³-hybridized carbons (Fsp3) is 0.111. The van der Waals surface area contributed by atoms with Crippen LogP contribution >= 0.6 is 0 Å². The molecule has 3 aromatic rings. The fourth-order valence-electron chi connectivity index (χ4n) is 2.63. The predicted molar refractivity (Wildman–Crippen MR) is 84.3 cm³/mol. The van der Waals surface area contributed by atoms with Crippen molar-refractivity contribution in [2.45, 2.75) is 13.0 Å². The maximum Gasteiger partial charge on any atom is 0.0716 e. The molecule has 1 atom stereocenters. The van der Waals surface area contributed by atoms with Gasteiger partial charge in [0.2, 0.25) is 0 Å². The molecule has 0 saturated heterocycles. The van der Waals surface area contributed by atoms with E-state index in [-0.39, 0.29) is 6.04 Å². The molecule has 0 spiro atoms. The van der Waals surface area contributed by atoms with Gasteiger partial charge in [-0.25, -0.2) is 5.43 Å². The van der Waals surface area contributed by atoms with Gasteiger partial charge in [-0.05, 0) is 28.8 Å². The van der Waals surface area contributed by atoms with Crippen LogP contribution in [0.4, 0.5) is 0 Å². The van der Waals surface area contributed by atoms with E-state index in [4.69, 9.17) is 5.84 Å². The number of rotatable bonds is 3. The number of nitrogens with two attached hydrogens (primary N) is 1. The van der Waals surface area contributed by atoms with E-state index in [0.717, 1.165) is 0 Å². The van der Waals surface area contributed by atoms with Gasteiger partial charge in [-0.2, -0.15) is 0 Å². The van der Waals surface area contributed by atoms with Gasteiger partial charge in [-0.3, -0.25) is 5.84 Å². The molecule has 3 rings (SSSR count). The Balaban J connectivity index is 2.14. The second-order valence-electron chi connectivity index (χ2n) is 5.08. The lowest BCUT2D eigenvalue weighted by Crippen LogP contribution is -2.29. The molecular formula is C18H18N2. The van der Waals surface area contributed by atoms with Crippen molar-refractivity contribution in [1.82, 2.24) is 5.43 Å². The number of hydrazine groups is 1. The topological polar surface area (TPSA) is 38.0 Å². The second kappa shape index (κ2) is 5.45. The number of fused-ring (bicyclic) bond motifs is 1. The van der Waals surface area contributed by atoms with Crippen molar-refractivity contribution < 1.29 is 0 Å². The molecule has 2 nitrogen and oxygen atoms in total. The highest BCUT2D eigenvalue weighted by Gasteiger charge is 2.14. The molecule has 100 valence electrons. The molecule has 1 unspecified atom stereocenters. The lowest BCUT2D eigenvalue weighted by Gasteiger charge is -2.19. The number of aryl methyl sites for hydroxylation is 1. The van der Waals surface area contributed by atoms with E-state index in [1.54, 1.807) is 0 Å². The van der Waals surface area contributed by atoms with Crippen molar-refractivity contribution in [2.24, 2.45) is 5.84 Å². The molecule has 0 amide bonds. The van der Waals surface area contributed by atoms with E-state index >= 15 is 0 Å². The van der Waals surface area contributed by atoms with Gasteiger partial charge < -0.3 is 0 Å². The average Bonchev–Trinajstić information content (AvgIpc) is 2.50. The first-order chi connectivity index (χ1) is 9.79. The van der Waals surface area contributed by atoms with Gasteiger partial charge in [0.05, 0.1) is 6.04 Å². The maximum absolute atomic E-state index is 5.82. The van der Waals surface area contributed by atoms with Gasteiger partial charge in [0.15, 0.2) is 0 Å². The van der Waals surface area contributed by atoms with Crippen LogP contribution in [0.3, 0.4) is 0 Å². The van der Waals surface area contributed by atoms with Crippen LogP contribution in [0.1, 0.15) is 22.7 Å². The molecule has 0 bridgehead atoms. The molecule has 0 saturated carbocycles. The molecule has 20 heavy (non-hydrogen) atoms. The fourth-order valence-corrected chi connectivity index (χ4v) is 2.63. The van der Waals surface area contributed by atoms with Gasteiger partial charge in [-0.15, -0.1) is 0 Å². The van der Waals surface area contributed by atoms with Crippen LogP contribution in [0.25, 0.3) is 10.8 Å². The molecule has 3 N–H and O–H groups in total. The number of benzene rings is 3. The van der Waals surface area contributed by atoms with Crippen LogP contribution < -0.4 is 11.3 Å². The Bertz CT molecular complexity index is 712. The minimum Gasteiger partial charge on any atom is -0.271 e. The zero-order chi connectivity index (χ0) is 13.9. The number of hydrogen-bond acceptors (Lipinski definition) is 2. The Morgan fingerprint density at radius 1 is 0.850 bits per heavy atom. The SMILES string of the molecule is Cc1ccc(C(NN)c2cccc3ccccc23)cc1. The third kappa shape index (κ3) is 2.31. The monoisotopic (exact) mass is 262 g/mol. The number of hydrogen-bond donors (Lipinski definition) is 2. The normalized spacial score (nSPS) is 12.5. The van der Waals surface area contributed by atoms with E-state index in [2.05, 4.69) is 79.1 Å². The summed E-state index contributed by atoms with van der Waals surface area (Å²) >= 11 is 0. The standard InChI is InChI=1S/C18H18N2/c1-13-9-11-15(12-10-13)18(20-19)17-8-4-6-14-5-2-3-7-16(14)17/h2-12,18,20H,19H2,1H3. The summed E-state index contributed by atoms with van der Waals surface area (Å²) in [7, 11) is 0. The summed E-state index contributed by atoms with van der Waals surface area (Å²) in [5.41, 5.74) is 6.58. The molecular weight excluding hydrogens is 244 g/mol. The molecule has 0 aliphatic heterocycles. The Morgan fingerprint density at radius 2 is 1.55 bits per heavy atom. The van der Waals surface area contributed by atoms with Crippen molar-refractivity contribution in [1.29, 1.82) is 0 Å². The molecule has 0 radical (unpaired) electrons. The molecule has 0 heterocycles. The highest BCUT2D eigenvalue weighted by Crippen LogP contribution is 2.28. The van der Waals surface area contributed by atoms with E-state index in [9.17, 15) is 0 Å². The van der Waals surface area contributed by atoms with Crippen molar-refractivity contribution in [3.05, 3.63) is 83.4 Å². The van der Waals surface area contributed by atoms with Crippen molar-refractivity contribution in [2.75, 3.05) is 0 Å². The predicted octanol–water partition coefficient (Wildman–Crippen LogP) is 3.70. The van der Waals surface area contributed by atoms with Crippen LogP contribution in [-0.4, -0.2) is 0 Å². The van der Waals surface area contributed by atoms with Crippen molar-refractivity contribution >= 4 is 10.8 Å². The van der Waals surface area contributed by atoms with Gasteiger partial charge in [0.1, 0.15) is 0 Å². The summed E-state index contributed by atoms with van der Waals surface area (Å²) in [6.07, 6.45) is 0. The zero-order valence-corrected chi connectivity index (χ0v) is 11.5. The van der Waals surface area contributed by atoms with E-state index in [1.807, 2.05) is 0 Å². The summed E-state index contributed by atoms with van der Waals surface area (Å²) in [4.78, 5) is 0. The minimum absolute atomic E-state index is 0.00157. The largest absolute Gasteiger partial charge is 0.271 e. The van der Waals surface area contributed by atoms with E-state index < -0.39 is 0 Å². The Hall–Kier alpha value is -2.16. The first kappa shape index (κ1) is 12.9. The summed E-state index contributed by atoms with van der Waals surface area (Å²) < 4.78 is 0. The molecule has 0 aliphatic carbocycles. The lowest BCUT2D eigenvalue weighted by atomic mass is 9.94. The Labute approximate surface area is 119 Å². The molecule has 3 aromatic carbocycles. The Kier molecular flexibility index (Phi) is 3.50. The highest BCUT2D eigenvalue weighted by atomic mass is 15.2. The van der Waals surface area contributed by atoms with Crippen LogP contribution in [0.15, 0.2) is 66.7 Å². The van der Waals surface area contributed by atoms with Crippen LogP contribution in [-0.2, 0) is 0 Å². The maximum atomic E-state index is 5.82. The molecule has 0 fully saturated rings. The summed E-state index contributed by atoms with van der Waals surface area (Å²) in [5.74, 6) is 5.82. The number of nitrogens with one attached hydrogen (secondary N) is 1. The van der Waals surface area contributed by atoms with Gasteiger partial charge >= 0.3 is 0 Å². The van der Waals surface area contributed by atoms with Gasteiger partial charge in [0.25, 0.3) is 0 Å². The zero-order valence-electron chi connectivity index (χ0n) is 11.5. The highest BCUT2D eigenvalue weighted by molar-refractivity contribution is 5.86. The van der Waals surface area contributed by atoms with Crippen molar-refractivity contribution in [3.63, 3.8) is 0 Å². The first-order valence-corrected chi connectivity index (χ1v) is 6.80. The summed E-state index contributed by atoms with van der Waals surface area (Å²) in [6, 6.07) is 23.2. The van der Waals surface area contributed by atoms with Gasteiger partial charge in [0, 0.05) is 0 Å². The van der Waals surface area contributed by atoms with Crippen LogP contribution in [0.2, 0.25) is 0 Å². The van der Waals surface area contributed by atoms with Gasteiger partial charge in [-0.1, -0.05) is 72.3 Å². The van der Waals surface area contributed by atoms with Crippen LogP contribution in [0.5, 0.6) is 0 Å². The minimum atomic E-state index is 0.00157. The molecule has 2 heteroatoms. The summed E-state index contributed by atoms with van der Waals surface area (Å²) in [5, 5.41) is 2.47. The van der Waals surface area contributed by atoms with Crippen LogP contribution in [0, 0.1) is 6.92 Å². The summed E-state index contributed by atoms with van der Waals surface area (Å²) in [6.45, 7) is 2.09. The molecule has 0 aliphatic rings. The van der Waals surface area contributed by atoms with E-state index in [1.165, 1.54) is 27.5 Å². The quantitative estimate of drug-likeness (QED) is 0.558. The third-order valence-electron chi connectivity index (χ3n) is 3.71. The smallest absolute Gasteiger partial charge is 0.0716 e.